The molecule has 0 amide bonds. The van der Waals surface area contributed by atoms with Crippen LogP contribution in [0.2, 0.25) is 0 Å². The molecule has 3 nitrogen and oxygen atoms in total. The van der Waals surface area contributed by atoms with Crippen molar-refractivity contribution in [2.75, 3.05) is 5.01 Å². The van der Waals surface area contributed by atoms with Crippen molar-refractivity contribution in [3.63, 3.8) is 0 Å². The number of rotatable bonds is 3. The van der Waals surface area contributed by atoms with Crippen LogP contribution >= 0.6 is 11.3 Å². The highest BCUT2D eigenvalue weighted by atomic mass is 32.1. The topological polar surface area (TPSA) is 28.5 Å². The van der Waals surface area contributed by atoms with Crippen LogP contribution in [0.5, 0.6) is 0 Å². The lowest BCUT2D eigenvalue weighted by molar-refractivity contribution is 0.722. The molecule has 1 unspecified atom stereocenters. The second-order valence-corrected chi connectivity index (χ2v) is 6.18. The van der Waals surface area contributed by atoms with Crippen molar-refractivity contribution in [3.05, 3.63) is 82.8 Å². The fourth-order valence-corrected chi connectivity index (χ4v) is 3.56. The molecule has 0 saturated heterocycles. The average molecular weight is 305 g/mol. The molecule has 0 bridgehead atoms. The van der Waals surface area contributed by atoms with E-state index in [1.54, 1.807) is 11.3 Å². The Labute approximate surface area is 133 Å². The lowest BCUT2D eigenvalue weighted by atomic mass is 10.0. The predicted molar refractivity (Wildman–Crippen MR) is 91.4 cm³/mol. The summed E-state index contributed by atoms with van der Waals surface area (Å²) in [5, 5.41) is 9.16. The van der Waals surface area contributed by atoms with E-state index in [-0.39, 0.29) is 6.04 Å². The highest BCUT2D eigenvalue weighted by molar-refractivity contribution is 7.10. The Kier molecular flexibility index (Phi) is 3.45. The Hall–Kier alpha value is -2.46. The minimum atomic E-state index is 0.269. The predicted octanol–water partition coefficient (Wildman–Crippen LogP) is 4.50. The van der Waals surface area contributed by atoms with Crippen molar-refractivity contribution in [1.82, 2.24) is 4.98 Å². The Bertz CT molecular complexity index is 767. The van der Waals surface area contributed by atoms with E-state index < -0.39 is 0 Å². The molecule has 0 saturated carbocycles. The quantitative estimate of drug-likeness (QED) is 0.713. The Morgan fingerprint density at radius 2 is 1.77 bits per heavy atom. The highest BCUT2D eigenvalue weighted by Crippen LogP contribution is 2.38. The summed E-state index contributed by atoms with van der Waals surface area (Å²) in [5.41, 5.74) is 3.39. The van der Waals surface area contributed by atoms with Crippen LogP contribution in [0.15, 0.2) is 77.5 Å². The van der Waals surface area contributed by atoms with Crippen molar-refractivity contribution in [1.29, 1.82) is 0 Å². The number of para-hydroxylation sites is 1. The van der Waals surface area contributed by atoms with E-state index in [1.807, 2.05) is 30.6 Å². The Morgan fingerprint density at radius 1 is 0.955 bits per heavy atom. The van der Waals surface area contributed by atoms with Crippen molar-refractivity contribution < 1.29 is 0 Å². The lowest BCUT2D eigenvalue weighted by Gasteiger charge is -2.22. The molecule has 108 valence electrons. The van der Waals surface area contributed by atoms with Gasteiger partial charge in [0.2, 0.25) is 0 Å². The summed E-state index contributed by atoms with van der Waals surface area (Å²) < 4.78 is 0. The van der Waals surface area contributed by atoms with Crippen molar-refractivity contribution >= 4 is 22.7 Å². The zero-order valence-electron chi connectivity index (χ0n) is 12.0. The maximum absolute atomic E-state index is 4.89. The molecule has 1 atom stereocenters. The van der Waals surface area contributed by atoms with E-state index in [4.69, 9.17) is 5.10 Å². The molecule has 3 heterocycles. The Morgan fingerprint density at radius 3 is 2.50 bits per heavy atom. The van der Waals surface area contributed by atoms with Gasteiger partial charge in [0.05, 0.1) is 17.4 Å². The molecule has 0 radical (unpaired) electrons. The number of aromatic nitrogens is 1. The van der Waals surface area contributed by atoms with Crippen molar-refractivity contribution in [3.8, 4) is 0 Å². The van der Waals surface area contributed by atoms with E-state index in [2.05, 4.69) is 51.8 Å². The first kappa shape index (κ1) is 13.2. The summed E-state index contributed by atoms with van der Waals surface area (Å²) in [5.74, 6) is 0. The van der Waals surface area contributed by atoms with E-state index in [0.29, 0.717) is 0 Å². The van der Waals surface area contributed by atoms with Crippen LogP contribution in [-0.4, -0.2) is 10.7 Å². The zero-order valence-corrected chi connectivity index (χ0v) is 12.8. The normalized spacial score (nSPS) is 17.5. The largest absolute Gasteiger partial charge is 0.265 e. The molecule has 1 aliphatic rings. The summed E-state index contributed by atoms with van der Waals surface area (Å²) in [4.78, 5) is 5.44. The van der Waals surface area contributed by atoms with E-state index in [9.17, 15) is 0 Å². The highest BCUT2D eigenvalue weighted by Gasteiger charge is 2.30. The first-order chi connectivity index (χ1) is 10.9. The zero-order chi connectivity index (χ0) is 14.8. The molecule has 3 aromatic rings. The van der Waals surface area contributed by atoms with Crippen molar-refractivity contribution in [2.45, 2.75) is 12.5 Å². The van der Waals surface area contributed by atoms with Crippen LogP contribution in [0.1, 0.15) is 22.9 Å². The van der Waals surface area contributed by atoms with Crippen LogP contribution < -0.4 is 5.01 Å². The van der Waals surface area contributed by atoms with E-state index in [1.165, 1.54) is 4.88 Å². The number of hydrogen-bond donors (Lipinski definition) is 0. The first-order valence-corrected chi connectivity index (χ1v) is 8.15. The molecular formula is C18H15N3S. The minimum Gasteiger partial charge on any atom is -0.265 e. The van der Waals surface area contributed by atoms with Gasteiger partial charge in [0.25, 0.3) is 0 Å². The van der Waals surface area contributed by atoms with Gasteiger partial charge in [-0.1, -0.05) is 24.3 Å². The van der Waals surface area contributed by atoms with Crippen LogP contribution in [0.25, 0.3) is 0 Å². The van der Waals surface area contributed by atoms with Gasteiger partial charge in [-0.15, -0.1) is 11.3 Å². The smallest absolute Gasteiger partial charge is 0.0923 e. The fraction of sp³-hybridized carbons (Fsp3) is 0.111. The third-order valence-corrected chi connectivity index (χ3v) is 4.79. The van der Waals surface area contributed by atoms with E-state index >= 15 is 0 Å². The lowest BCUT2D eigenvalue weighted by Crippen LogP contribution is -2.17. The van der Waals surface area contributed by atoms with Gasteiger partial charge in [0, 0.05) is 29.3 Å². The van der Waals surface area contributed by atoms with Gasteiger partial charge >= 0.3 is 0 Å². The summed E-state index contributed by atoms with van der Waals surface area (Å²) >= 11 is 1.79. The molecule has 0 spiro atoms. The van der Waals surface area contributed by atoms with Crippen LogP contribution in [-0.2, 0) is 0 Å². The summed E-state index contributed by atoms with van der Waals surface area (Å²) in [7, 11) is 0. The van der Waals surface area contributed by atoms with Gasteiger partial charge in [-0.05, 0) is 35.7 Å². The van der Waals surface area contributed by atoms with Crippen LogP contribution in [0.4, 0.5) is 5.69 Å². The average Bonchev–Trinajstić information content (AvgIpc) is 3.26. The number of hydrogen-bond acceptors (Lipinski definition) is 4. The Balaban J connectivity index is 1.75. The maximum atomic E-state index is 4.89. The van der Waals surface area contributed by atoms with Crippen LogP contribution in [0.3, 0.4) is 0 Å². The van der Waals surface area contributed by atoms with Gasteiger partial charge in [-0.2, -0.15) is 5.10 Å². The summed E-state index contributed by atoms with van der Waals surface area (Å²) in [6.07, 6.45) is 4.56. The standard InChI is InChI=1S/C18H15N3S/c1-2-5-15(6-3-1)21-17(18-7-4-12-22-18)13-16(20-21)14-8-10-19-11-9-14/h1-12,17H,13H2. The van der Waals surface area contributed by atoms with Gasteiger partial charge in [-0.3, -0.25) is 9.99 Å². The number of hydrazone groups is 1. The molecule has 1 aliphatic heterocycles. The fourth-order valence-electron chi connectivity index (χ4n) is 2.75. The second kappa shape index (κ2) is 5.73. The molecule has 0 aliphatic carbocycles. The SMILES string of the molecule is c1ccc(N2N=C(c3ccncc3)CC2c2cccs2)cc1. The number of thiophene rings is 1. The third-order valence-electron chi connectivity index (χ3n) is 3.82. The number of nitrogens with zero attached hydrogens (tertiary/aromatic N) is 3. The molecule has 0 fully saturated rings. The monoisotopic (exact) mass is 305 g/mol. The number of pyridine rings is 1. The molecule has 0 N–H and O–H groups in total. The van der Waals surface area contributed by atoms with Crippen molar-refractivity contribution in [2.24, 2.45) is 5.10 Å². The minimum absolute atomic E-state index is 0.269. The third kappa shape index (κ3) is 2.42. The maximum Gasteiger partial charge on any atom is 0.0923 e. The molecule has 22 heavy (non-hydrogen) atoms. The first-order valence-electron chi connectivity index (χ1n) is 7.27. The van der Waals surface area contributed by atoms with Gasteiger partial charge in [-0.25, -0.2) is 0 Å². The second-order valence-electron chi connectivity index (χ2n) is 5.20. The molecular weight excluding hydrogens is 290 g/mol. The van der Waals surface area contributed by atoms with Gasteiger partial charge in [0.15, 0.2) is 0 Å². The van der Waals surface area contributed by atoms with Gasteiger partial charge in [0.1, 0.15) is 0 Å². The molecule has 2 aromatic heterocycles. The molecule has 4 rings (SSSR count). The summed E-state index contributed by atoms with van der Waals surface area (Å²) in [6.45, 7) is 0. The summed E-state index contributed by atoms with van der Waals surface area (Å²) in [6, 6.07) is 19.0. The van der Waals surface area contributed by atoms with E-state index in [0.717, 1.165) is 23.4 Å². The van der Waals surface area contributed by atoms with Gasteiger partial charge < -0.3 is 0 Å². The number of benzene rings is 1. The number of anilines is 1. The molecule has 1 aromatic carbocycles. The van der Waals surface area contributed by atoms with Crippen LogP contribution in [0, 0.1) is 0 Å². The molecule has 4 heteroatoms.